The van der Waals surface area contributed by atoms with E-state index < -0.39 is 22.6 Å². The highest BCUT2D eigenvalue weighted by molar-refractivity contribution is 5.97. The number of fused-ring (bicyclic) bond motifs is 3. The fourth-order valence-corrected chi connectivity index (χ4v) is 7.97. The van der Waals surface area contributed by atoms with Gasteiger partial charge in [0.05, 0.1) is 16.8 Å². The van der Waals surface area contributed by atoms with E-state index in [1.54, 1.807) is 23.1 Å². The zero-order chi connectivity index (χ0) is 34.5. The molecule has 0 aliphatic heterocycles. The van der Waals surface area contributed by atoms with Crippen molar-refractivity contribution in [2.24, 2.45) is 0 Å². The smallest absolute Gasteiger partial charge is 0.154 e. The van der Waals surface area contributed by atoms with Gasteiger partial charge in [0.2, 0.25) is 0 Å². The molecule has 0 saturated carbocycles. The van der Waals surface area contributed by atoms with Crippen molar-refractivity contribution in [2.75, 3.05) is 4.90 Å². The first-order valence-corrected chi connectivity index (χ1v) is 17.1. The lowest BCUT2D eigenvalue weighted by atomic mass is 9.67. The number of anilines is 2. The number of hydrogen-bond acceptors (Lipinski definition) is 1. The van der Waals surface area contributed by atoms with Crippen molar-refractivity contribution in [3.05, 3.63) is 204 Å². The molecule has 0 fully saturated rings. The lowest BCUT2D eigenvalue weighted by molar-refractivity contribution is 0.527. The second-order valence-corrected chi connectivity index (χ2v) is 13.9. The molecule has 7 aromatic carbocycles. The third kappa shape index (κ3) is 4.96. The van der Waals surface area contributed by atoms with Crippen molar-refractivity contribution in [1.29, 1.82) is 0 Å². The molecule has 1 nitrogen and oxygen atoms in total. The highest BCUT2D eigenvalue weighted by atomic mass is 19.1. The summed E-state index contributed by atoms with van der Waals surface area (Å²) in [5.41, 5.74) is 9.46. The maximum absolute atomic E-state index is 17.2. The molecule has 8 rings (SSSR count). The van der Waals surface area contributed by atoms with Crippen LogP contribution in [-0.4, -0.2) is 5.54 Å². The molecule has 0 amide bonds. The number of nitrogens with zero attached hydrogens (tertiary/aromatic N) is 1. The van der Waals surface area contributed by atoms with Gasteiger partial charge < -0.3 is 4.90 Å². The Hall–Kier alpha value is -5.80. The van der Waals surface area contributed by atoms with Gasteiger partial charge in [-0.2, -0.15) is 0 Å². The quantitative estimate of drug-likeness (QED) is 0.173. The summed E-state index contributed by atoms with van der Waals surface area (Å²) in [5.74, 6) is -0.799. The molecule has 7 aromatic rings. The first-order valence-electron chi connectivity index (χ1n) is 17.1. The zero-order valence-electron chi connectivity index (χ0n) is 28.4. The summed E-state index contributed by atoms with van der Waals surface area (Å²) in [6.07, 6.45) is 0. The summed E-state index contributed by atoms with van der Waals surface area (Å²) in [4.78, 5) is 1.79. The van der Waals surface area contributed by atoms with Crippen molar-refractivity contribution in [3.63, 3.8) is 0 Å². The van der Waals surface area contributed by atoms with Crippen LogP contribution in [0.4, 0.5) is 20.2 Å². The second-order valence-electron chi connectivity index (χ2n) is 13.9. The van der Waals surface area contributed by atoms with Gasteiger partial charge >= 0.3 is 0 Å². The first-order chi connectivity index (χ1) is 24.3. The summed E-state index contributed by atoms with van der Waals surface area (Å²) < 4.78 is 32.8. The number of para-hydroxylation sites is 1. The Morgan fingerprint density at radius 1 is 0.460 bits per heavy atom. The van der Waals surface area contributed by atoms with Crippen LogP contribution in [0.15, 0.2) is 170 Å². The third-order valence-electron chi connectivity index (χ3n) is 9.94. The Morgan fingerprint density at radius 2 is 1.00 bits per heavy atom. The van der Waals surface area contributed by atoms with Gasteiger partial charge in [-0.05, 0) is 95.1 Å². The standard InChI is InChI=1S/C47H37F2N/c1-46(2,3)50(42-29-16-15-28-41(42)48)43-31-33(30-38(45(43)49)32-18-7-4-8-19-32)36-25-17-27-40-44(36)37-24-13-14-26-39(37)47(40,34-20-9-5-10-21-34)35-22-11-6-12-23-35/h4-31H,1-3H3. The second kappa shape index (κ2) is 12.3. The minimum Gasteiger partial charge on any atom is -0.331 e. The molecule has 3 heteroatoms. The average molecular weight is 654 g/mol. The molecule has 0 spiro atoms. The molecule has 0 heterocycles. The van der Waals surface area contributed by atoms with Crippen molar-refractivity contribution in [3.8, 4) is 33.4 Å². The minimum absolute atomic E-state index is 0.320. The van der Waals surface area contributed by atoms with Crippen molar-refractivity contribution >= 4 is 11.4 Å². The van der Waals surface area contributed by atoms with Gasteiger partial charge in [-0.15, -0.1) is 0 Å². The Bertz CT molecular complexity index is 2280. The molecule has 1 aliphatic carbocycles. The van der Waals surface area contributed by atoms with E-state index in [0.29, 0.717) is 16.9 Å². The van der Waals surface area contributed by atoms with Gasteiger partial charge in [-0.3, -0.25) is 0 Å². The molecule has 0 saturated heterocycles. The monoisotopic (exact) mass is 653 g/mol. The molecule has 0 bridgehead atoms. The van der Waals surface area contributed by atoms with Crippen LogP contribution in [0.5, 0.6) is 0 Å². The van der Waals surface area contributed by atoms with Crippen LogP contribution in [-0.2, 0) is 5.41 Å². The normalized spacial score (nSPS) is 13.1. The van der Waals surface area contributed by atoms with Crippen molar-refractivity contribution in [2.45, 2.75) is 31.7 Å². The van der Waals surface area contributed by atoms with Crippen molar-refractivity contribution in [1.82, 2.24) is 0 Å². The maximum atomic E-state index is 17.2. The van der Waals surface area contributed by atoms with E-state index in [1.165, 1.54) is 28.3 Å². The van der Waals surface area contributed by atoms with Crippen LogP contribution in [0.3, 0.4) is 0 Å². The lowest BCUT2D eigenvalue weighted by Gasteiger charge is -2.38. The van der Waals surface area contributed by atoms with Crippen LogP contribution in [0, 0.1) is 11.6 Å². The van der Waals surface area contributed by atoms with Crippen LogP contribution in [0.1, 0.15) is 43.0 Å². The molecule has 0 radical (unpaired) electrons. The Kier molecular flexibility index (Phi) is 7.72. The highest BCUT2D eigenvalue weighted by Crippen LogP contribution is 2.58. The van der Waals surface area contributed by atoms with Gasteiger partial charge in [0, 0.05) is 11.1 Å². The predicted octanol–water partition coefficient (Wildman–Crippen LogP) is 12.6. The molecule has 50 heavy (non-hydrogen) atoms. The molecule has 244 valence electrons. The fraction of sp³-hybridized carbons (Fsp3) is 0.106. The fourth-order valence-electron chi connectivity index (χ4n) is 7.97. The highest BCUT2D eigenvalue weighted by Gasteiger charge is 2.46. The predicted molar refractivity (Wildman–Crippen MR) is 203 cm³/mol. The van der Waals surface area contributed by atoms with E-state index >= 15 is 8.78 Å². The molecule has 0 unspecified atom stereocenters. The third-order valence-corrected chi connectivity index (χ3v) is 9.94. The van der Waals surface area contributed by atoms with Gasteiger partial charge in [0.25, 0.3) is 0 Å². The summed E-state index contributed by atoms with van der Waals surface area (Å²) in [5, 5.41) is 0. The van der Waals surface area contributed by atoms with E-state index in [-0.39, 0.29) is 0 Å². The van der Waals surface area contributed by atoms with E-state index in [0.717, 1.165) is 27.8 Å². The summed E-state index contributed by atoms with van der Waals surface area (Å²) in [6.45, 7) is 5.95. The molecule has 1 aliphatic rings. The number of rotatable bonds is 6. The van der Waals surface area contributed by atoms with E-state index in [1.807, 2.05) is 63.2 Å². The zero-order valence-corrected chi connectivity index (χ0v) is 28.4. The van der Waals surface area contributed by atoms with E-state index in [9.17, 15) is 0 Å². The van der Waals surface area contributed by atoms with Gasteiger partial charge in [-0.1, -0.05) is 146 Å². The largest absolute Gasteiger partial charge is 0.331 e. The van der Waals surface area contributed by atoms with Crippen molar-refractivity contribution < 1.29 is 8.78 Å². The van der Waals surface area contributed by atoms with Gasteiger partial charge in [-0.25, -0.2) is 8.78 Å². The van der Waals surface area contributed by atoms with Crippen LogP contribution in [0.25, 0.3) is 33.4 Å². The molecular formula is C47H37F2N. The maximum Gasteiger partial charge on any atom is 0.154 e. The Labute approximate surface area is 293 Å². The number of benzene rings is 7. The minimum atomic E-state index is -0.656. The van der Waals surface area contributed by atoms with Crippen LogP contribution >= 0.6 is 0 Å². The van der Waals surface area contributed by atoms with E-state index in [2.05, 4.69) is 103 Å². The van der Waals surface area contributed by atoms with Crippen LogP contribution < -0.4 is 4.90 Å². The molecule has 0 N–H and O–H groups in total. The topological polar surface area (TPSA) is 3.24 Å². The molecule has 0 aromatic heterocycles. The Morgan fingerprint density at radius 3 is 1.64 bits per heavy atom. The SMILES string of the molecule is CC(C)(C)N(c1ccccc1F)c1cc(-c2cccc3c2-c2ccccc2C3(c2ccccc2)c2ccccc2)cc(-c2ccccc2)c1F. The summed E-state index contributed by atoms with van der Waals surface area (Å²) in [6, 6.07) is 56.6. The Balaban J connectivity index is 1.47. The first kappa shape index (κ1) is 31.5. The van der Waals surface area contributed by atoms with Gasteiger partial charge in [0.1, 0.15) is 5.82 Å². The van der Waals surface area contributed by atoms with Crippen LogP contribution in [0.2, 0.25) is 0 Å². The number of hydrogen-bond donors (Lipinski definition) is 0. The lowest BCUT2D eigenvalue weighted by Crippen LogP contribution is -2.38. The molecule has 0 atom stereocenters. The number of halogens is 2. The summed E-state index contributed by atoms with van der Waals surface area (Å²) in [7, 11) is 0. The summed E-state index contributed by atoms with van der Waals surface area (Å²) >= 11 is 0. The average Bonchev–Trinajstić information content (AvgIpc) is 3.45. The van der Waals surface area contributed by atoms with E-state index in [4.69, 9.17) is 0 Å². The molecular weight excluding hydrogens is 617 g/mol. The van der Waals surface area contributed by atoms with Gasteiger partial charge in [0.15, 0.2) is 5.82 Å².